The van der Waals surface area contributed by atoms with Crippen molar-refractivity contribution in [2.75, 3.05) is 0 Å². The van der Waals surface area contributed by atoms with Crippen LogP contribution in [0.4, 0.5) is 0 Å². The van der Waals surface area contributed by atoms with E-state index >= 15 is 0 Å². The summed E-state index contributed by atoms with van der Waals surface area (Å²) in [6.45, 7) is 4.96. The van der Waals surface area contributed by atoms with Gasteiger partial charge in [-0.25, -0.2) is 0 Å². The Morgan fingerprint density at radius 1 is 1.07 bits per heavy atom. The van der Waals surface area contributed by atoms with Gasteiger partial charge in [0.05, 0.1) is 16.0 Å². The first-order valence-corrected chi connectivity index (χ1v) is 10.1. The fourth-order valence-electron chi connectivity index (χ4n) is 2.78. The van der Waals surface area contributed by atoms with E-state index < -0.39 is 0 Å². The summed E-state index contributed by atoms with van der Waals surface area (Å²) in [6, 6.07) is 26.2. The number of aliphatic hydroxyl groups is 1. The maximum atomic E-state index is 10.0. The SMILES string of the molecule is CC(=O)/C=C(/C)O.Cc1ccc(-c2cc3nc(-c4[c-]cccc4)ccc3s2)cc1.[Ir]. The molecule has 0 aliphatic heterocycles. The van der Waals surface area contributed by atoms with Crippen molar-refractivity contribution in [2.24, 2.45) is 0 Å². The summed E-state index contributed by atoms with van der Waals surface area (Å²) in [5.41, 5.74) is 5.59. The molecule has 5 heteroatoms. The third-order valence-corrected chi connectivity index (χ3v) is 5.25. The van der Waals surface area contributed by atoms with Crippen molar-refractivity contribution >= 4 is 27.3 Å². The minimum Gasteiger partial charge on any atom is -0.512 e. The number of ketones is 1. The predicted molar refractivity (Wildman–Crippen MR) is 121 cm³/mol. The molecule has 30 heavy (non-hydrogen) atoms. The molecular weight excluding hydrogens is 571 g/mol. The number of hydrogen-bond donors (Lipinski definition) is 1. The summed E-state index contributed by atoms with van der Waals surface area (Å²) in [6.07, 6.45) is 1.17. The van der Waals surface area contributed by atoms with Crippen LogP contribution in [0.2, 0.25) is 0 Å². The van der Waals surface area contributed by atoms with Gasteiger partial charge in [-0.15, -0.1) is 47.2 Å². The Kier molecular flexibility index (Phi) is 8.67. The van der Waals surface area contributed by atoms with Crippen LogP contribution >= 0.6 is 11.3 Å². The summed E-state index contributed by atoms with van der Waals surface area (Å²) < 4.78 is 1.22. The first-order chi connectivity index (χ1) is 13.9. The van der Waals surface area contributed by atoms with Crippen LogP contribution in [0.1, 0.15) is 19.4 Å². The van der Waals surface area contributed by atoms with Crippen LogP contribution in [0.5, 0.6) is 0 Å². The molecule has 4 aromatic rings. The average molecular weight is 593 g/mol. The molecule has 0 unspecified atom stereocenters. The Balaban J connectivity index is 0.000000350. The number of aromatic nitrogens is 1. The van der Waals surface area contributed by atoms with Crippen molar-refractivity contribution in [1.82, 2.24) is 4.98 Å². The van der Waals surface area contributed by atoms with Gasteiger partial charge in [0.2, 0.25) is 0 Å². The molecular formula is C25H22IrNO2S-. The van der Waals surface area contributed by atoms with Gasteiger partial charge in [-0.1, -0.05) is 35.9 Å². The molecule has 0 amide bonds. The number of carbonyl (C=O) groups is 1. The zero-order valence-electron chi connectivity index (χ0n) is 17.0. The van der Waals surface area contributed by atoms with Crippen LogP contribution in [0.15, 0.2) is 78.6 Å². The molecule has 0 spiro atoms. The number of hydrogen-bond acceptors (Lipinski definition) is 4. The molecule has 0 bridgehead atoms. The first-order valence-electron chi connectivity index (χ1n) is 9.25. The second-order valence-corrected chi connectivity index (χ2v) is 7.81. The van der Waals surface area contributed by atoms with Crippen LogP contribution in [0.3, 0.4) is 0 Å². The Bertz CT molecular complexity index is 1140. The predicted octanol–water partition coefficient (Wildman–Crippen LogP) is 6.77. The van der Waals surface area contributed by atoms with Crippen LogP contribution in [0.25, 0.3) is 31.9 Å². The number of pyridine rings is 1. The smallest absolute Gasteiger partial charge is 0.155 e. The van der Waals surface area contributed by atoms with Crippen molar-refractivity contribution in [3.63, 3.8) is 0 Å². The van der Waals surface area contributed by atoms with Crippen molar-refractivity contribution in [1.29, 1.82) is 0 Å². The largest absolute Gasteiger partial charge is 0.512 e. The molecule has 0 aliphatic carbocycles. The van der Waals surface area contributed by atoms with Gasteiger partial charge in [-0.05, 0) is 44.2 Å². The number of aliphatic hydroxyl groups excluding tert-OH is 1. The molecule has 3 nitrogen and oxygen atoms in total. The number of benzene rings is 2. The molecule has 2 aromatic carbocycles. The third-order valence-electron chi connectivity index (χ3n) is 4.11. The minimum absolute atomic E-state index is 0. The van der Waals surface area contributed by atoms with Crippen molar-refractivity contribution < 1.29 is 30.0 Å². The van der Waals surface area contributed by atoms with E-state index in [0.717, 1.165) is 16.8 Å². The molecule has 2 aromatic heterocycles. The fourth-order valence-corrected chi connectivity index (χ4v) is 3.79. The summed E-state index contributed by atoms with van der Waals surface area (Å²) in [4.78, 5) is 16.1. The molecule has 2 heterocycles. The number of thiophene rings is 1. The topological polar surface area (TPSA) is 50.2 Å². The Hall–Kier alpha value is -2.59. The zero-order chi connectivity index (χ0) is 20.8. The second-order valence-electron chi connectivity index (χ2n) is 6.73. The molecule has 0 saturated carbocycles. The van der Waals surface area contributed by atoms with Crippen molar-refractivity contribution in [3.05, 3.63) is 90.2 Å². The number of nitrogens with zero attached hydrogens (tertiary/aromatic N) is 1. The second kappa shape index (κ2) is 11.0. The number of rotatable bonds is 3. The summed E-state index contributed by atoms with van der Waals surface area (Å²) in [7, 11) is 0. The first kappa shape index (κ1) is 23.7. The molecule has 0 saturated heterocycles. The molecule has 1 radical (unpaired) electrons. The van der Waals surface area contributed by atoms with E-state index in [0.29, 0.717) is 0 Å². The Morgan fingerprint density at radius 3 is 2.37 bits per heavy atom. The number of allylic oxidation sites excluding steroid dienone is 2. The molecule has 0 fully saturated rings. The molecule has 155 valence electrons. The third kappa shape index (κ3) is 6.46. The number of fused-ring (bicyclic) bond motifs is 1. The summed E-state index contributed by atoms with van der Waals surface area (Å²) in [5.74, 6) is -0.0625. The van der Waals surface area contributed by atoms with Gasteiger partial charge in [0.1, 0.15) is 0 Å². The van der Waals surface area contributed by atoms with Gasteiger partial charge in [-0.2, -0.15) is 0 Å². The van der Waals surface area contributed by atoms with Gasteiger partial charge in [0.15, 0.2) is 5.78 Å². The zero-order valence-corrected chi connectivity index (χ0v) is 20.2. The maximum absolute atomic E-state index is 10.0. The van der Waals surface area contributed by atoms with Gasteiger partial charge in [0, 0.05) is 31.1 Å². The van der Waals surface area contributed by atoms with E-state index in [2.05, 4.69) is 55.5 Å². The minimum atomic E-state index is -0.125. The van der Waals surface area contributed by atoms with E-state index in [1.165, 1.54) is 40.6 Å². The van der Waals surface area contributed by atoms with E-state index in [1.807, 2.05) is 24.3 Å². The monoisotopic (exact) mass is 593 g/mol. The molecule has 1 N–H and O–H groups in total. The van der Waals surface area contributed by atoms with Crippen LogP contribution in [-0.2, 0) is 24.9 Å². The van der Waals surface area contributed by atoms with Gasteiger partial charge in [0.25, 0.3) is 0 Å². The molecule has 0 atom stereocenters. The Morgan fingerprint density at radius 2 is 1.80 bits per heavy atom. The van der Waals surface area contributed by atoms with Gasteiger partial charge < -0.3 is 5.11 Å². The number of carbonyl (C=O) groups excluding carboxylic acids is 1. The van der Waals surface area contributed by atoms with E-state index in [-0.39, 0.29) is 31.6 Å². The van der Waals surface area contributed by atoms with Crippen molar-refractivity contribution in [2.45, 2.75) is 20.8 Å². The van der Waals surface area contributed by atoms with E-state index in [1.54, 1.807) is 11.3 Å². The van der Waals surface area contributed by atoms with Crippen LogP contribution in [-0.4, -0.2) is 15.9 Å². The van der Waals surface area contributed by atoms with Crippen molar-refractivity contribution in [3.8, 4) is 21.7 Å². The normalized spacial score (nSPS) is 10.7. The van der Waals surface area contributed by atoms with Gasteiger partial charge >= 0.3 is 0 Å². The Labute approximate surface area is 194 Å². The van der Waals surface area contributed by atoms with Crippen LogP contribution < -0.4 is 0 Å². The number of aryl methyl sites for hydroxylation is 1. The summed E-state index contributed by atoms with van der Waals surface area (Å²) in [5, 5.41) is 8.36. The van der Waals surface area contributed by atoms with E-state index in [9.17, 15) is 4.79 Å². The van der Waals surface area contributed by atoms with Gasteiger partial charge in [-0.3, -0.25) is 9.78 Å². The van der Waals surface area contributed by atoms with E-state index in [4.69, 9.17) is 10.1 Å². The molecule has 4 rings (SSSR count). The standard InChI is InChI=1S/C20H14NS.C5H8O2.Ir/c1-14-7-9-16(10-8-14)20-13-18-19(22-20)12-11-17(21-18)15-5-3-2-4-6-15;1-4(6)3-5(2)7;/h2-5,7-13H,1H3;3,6H,1-2H3;/q-1;;/b;4-3-;. The van der Waals surface area contributed by atoms with Crippen LogP contribution in [0, 0.1) is 13.0 Å². The average Bonchev–Trinajstić information content (AvgIpc) is 3.12. The fraction of sp³-hybridized carbons (Fsp3) is 0.120. The maximum Gasteiger partial charge on any atom is 0.155 e. The molecule has 0 aliphatic rings. The quantitative estimate of drug-likeness (QED) is 0.162. The summed E-state index contributed by atoms with van der Waals surface area (Å²) >= 11 is 1.79.